The van der Waals surface area contributed by atoms with E-state index in [0.717, 1.165) is 18.0 Å². The van der Waals surface area contributed by atoms with E-state index in [1.165, 1.54) is 17.4 Å². The Morgan fingerprint density at radius 2 is 2.06 bits per heavy atom. The number of piperazine rings is 1. The van der Waals surface area contributed by atoms with Gasteiger partial charge in [-0.3, -0.25) is 14.9 Å². The van der Waals surface area contributed by atoms with Crippen molar-refractivity contribution in [2.45, 2.75) is 19.9 Å². The van der Waals surface area contributed by atoms with Gasteiger partial charge in [0.25, 0.3) is 5.91 Å². The summed E-state index contributed by atoms with van der Waals surface area (Å²) in [5, 5.41) is 3.24. The SMILES string of the molecule is Cc1cnc(NC(=O)c2cn3c4c(c(N5CCN(C)CC5)c(F)cc4c2=O)OC[C@@H]3C)s1. The van der Waals surface area contributed by atoms with Crippen LogP contribution in [-0.4, -0.2) is 60.2 Å². The molecule has 1 amide bonds. The van der Waals surface area contributed by atoms with Crippen LogP contribution >= 0.6 is 11.3 Å². The molecule has 168 valence electrons. The smallest absolute Gasteiger partial charge is 0.262 e. The van der Waals surface area contributed by atoms with Crippen molar-refractivity contribution < 1.29 is 13.9 Å². The van der Waals surface area contributed by atoms with Gasteiger partial charge in [-0.2, -0.15) is 0 Å². The number of nitrogens with zero attached hydrogens (tertiary/aromatic N) is 4. The monoisotopic (exact) mass is 457 g/mol. The van der Waals surface area contributed by atoms with Crippen molar-refractivity contribution >= 4 is 39.0 Å². The van der Waals surface area contributed by atoms with Crippen LogP contribution in [0.1, 0.15) is 28.2 Å². The lowest BCUT2D eigenvalue weighted by atomic mass is 10.0. The van der Waals surface area contributed by atoms with Gasteiger partial charge < -0.3 is 19.1 Å². The molecule has 0 saturated carbocycles. The van der Waals surface area contributed by atoms with E-state index in [1.54, 1.807) is 12.4 Å². The van der Waals surface area contributed by atoms with Crippen LogP contribution in [0.5, 0.6) is 5.75 Å². The van der Waals surface area contributed by atoms with Gasteiger partial charge in [0, 0.05) is 43.4 Å². The molecule has 1 atom stereocenters. The highest BCUT2D eigenvalue weighted by Crippen LogP contribution is 2.42. The van der Waals surface area contributed by atoms with Crippen molar-refractivity contribution in [3.8, 4) is 5.75 Å². The predicted molar refractivity (Wildman–Crippen MR) is 123 cm³/mol. The Kier molecular flexibility index (Phi) is 5.13. The van der Waals surface area contributed by atoms with E-state index in [0.29, 0.717) is 41.8 Å². The number of rotatable bonds is 3. The fraction of sp³-hybridized carbons (Fsp3) is 0.409. The molecule has 1 N–H and O–H groups in total. The average molecular weight is 458 g/mol. The lowest BCUT2D eigenvalue weighted by Gasteiger charge is -2.37. The van der Waals surface area contributed by atoms with Crippen molar-refractivity contribution in [3.05, 3.63) is 44.9 Å². The molecule has 4 heterocycles. The third-order valence-electron chi connectivity index (χ3n) is 6.05. The van der Waals surface area contributed by atoms with Gasteiger partial charge in [-0.05, 0) is 27.0 Å². The number of hydrogen-bond donors (Lipinski definition) is 1. The first kappa shape index (κ1) is 20.9. The normalized spacial score (nSPS) is 18.6. The molecule has 5 rings (SSSR count). The topological polar surface area (TPSA) is 79.7 Å². The largest absolute Gasteiger partial charge is 0.487 e. The highest BCUT2D eigenvalue weighted by molar-refractivity contribution is 7.15. The zero-order valence-corrected chi connectivity index (χ0v) is 19.0. The number of aromatic nitrogens is 2. The number of amides is 1. The number of halogens is 1. The van der Waals surface area contributed by atoms with Crippen LogP contribution in [0.3, 0.4) is 0 Å². The molecule has 1 aromatic carbocycles. The van der Waals surface area contributed by atoms with Crippen molar-refractivity contribution in [2.24, 2.45) is 0 Å². The number of aryl methyl sites for hydroxylation is 1. The second-order valence-corrected chi connectivity index (χ2v) is 9.63. The maximum Gasteiger partial charge on any atom is 0.262 e. The van der Waals surface area contributed by atoms with Gasteiger partial charge in [-0.25, -0.2) is 9.37 Å². The van der Waals surface area contributed by atoms with Crippen molar-refractivity contribution in [3.63, 3.8) is 0 Å². The summed E-state index contributed by atoms with van der Waals surface area (Å²) in [6.45, 7) is 7.11. The molecule has 0 aliphatic carbocycles. The highest BCUT2D eigenvalue weighted by Gasteiger charge is 2.31. The molecular formula is C22H24FN5O3S. The zero-order chi connectivity index (χ0) is 22.6. The Hall–Kier alpha value is -2.98. The minimum Gasteiger partial charge on any atom is -0.487 e. The predicted octanol–water partition coefficient (Wildman–Crippen LogP) is 2.86. The molecule has 1 fully saturated rings. The van der Waals surface area contributed by atoms with Gasteiger partial charge in [-0.1, -0.05) is 0 Å². The van der Waals surface area contributed by atoms with E-state index < -0.39 is 17.2 Å². The first-order valence-electron chi connectivity index (χ1n) is 10.5. The molecule has 2 aliphatic rings. The van der Waals surface area contributed by atoms with Crippen LogP contribution in [0.4, 0.5) is 15.2 Å². The number of thiazole rings is 1. The number of anilines is 2. The zero-order valence-electron chi connectivity index (χ0n) is 18.1. The molecule has 0 unspecified atom stereocenters. The molecule has 0 bridgehead atoms. The quantitative estimate of drug-likeness (QED) is 0.652. The maximum absolute atomic E-state index is 15.4. The molecule has 32 heavy (non-hydrogen) atoms. The van der Waals surface area contributed by atoms with E-state index in [1.807, 2.05) is 30.4 Å². The summed E-state index contributed by atoms with van der Waals surface area (Å²) in [6.07, 6.45) is 3.21. The van der Waals surface area contributed by atoms with Crippen LogP contribution in [0.2, 0.25) is 0 Å². The van der Waals surface area contributed by atoms with E-state index in [4.69, 9.17) is 4.74 Å². The molecule has 1 saturated heterocycles. The Morgan fingerprint density at radius 1 is 1.31 bits per heavy atom. The molecule has 2 aliphatic heterocycles. The third-order valence-corrected chi connectivity index (χ3v) is 6.88. The second kappa shape index (κ2) is 7.86. The van der Waals surface area contributed by atoms with Crippen LogP contribution < -0.4 is 20.4 Å². The second-order valence-electron chi connectivity index (χ2n) is 8.39. The van der Waals surface area contributed by atoms with Crippen molar-refractivity contribution in [1.82, 2.24) is 14.5 Å². The minimum absolute atomic E-state index is 0.0446. The summed E-state index contributed by atoms with van der Waals surface area (Å²) in [5.41, 5.74) is 0.355. The van der Waals surface area contributed by atoms with E-state index in [9.17, 15) is 9.59 Å². The summed E-state index contributed by atoms with van der Waals surface area (Å²) in [4.78, 5) is 35.4. The molecule has 10 heteroatoms. The lowest BCUT2D eigenvalue weighted by Crippen LogP contribution is -2.45. The minimum atomic E-state index is -0.557. The molecule has 3 aromatic rings. The van der Waals surface area contributed by atoms with Crippen LogP contribution in [-0.2, 0) is 0 Å². The van der Waals surface area contributed by atoms with Crippen molar-refractivity contribution in [2.75, 3.05) is 50.1 Å². The molecule has 0 spiro atoms. The van der Waals surface area contributed by atoms with Crippen LogP contribution in [0.25, 0.3) is 10.9 Å². The molecule has 0 radical (unpaired) electrons. The Labute approximate surface area is 188 Å². The fourth-order valence-corrected chi connectivity index (χ4v) is 4.93. The van der Waals surface area contributed by atoms with Crippen molar-refractivity contribution in [1.29, 1.82) is 0 Å². The summed E-state index contributed by atoms with van der Waals surface area (Å²) in [6, 6.07) is 1.13. The Bertz CT molecular complexity index is 1280. The van der Waals surface area contributed by atoms with Gasteiger partial charge in [0.1, 0.15) is 17.9 Å². The summed E-state index contributed by atoms with van der Waals surface area (Å²) >= 11 is 1.32. The number of carbonyl (C=O) groups is 1. The fourth-order valence-electron chi connectivity index (χ4n) is 4.28. The summed E-state index contributed by atoms with van der Waals surface area (Å²) < 4.78 is 23.2. The summed E-state index contributed by atoms with van der Waals surface area (Å²) in [7, 11) is 2.04. The number of likely N-dealkylation sites (N-methyl/N-ethyl adjacent to an activating group) is 1. The molecule has 8 nitrogen and oxygen atoms in total. The molecule has 2 aromatic heterocycles. The average Bonchev–Trinajstić information content (AvgIpc) is 3.17. The number of ether oxygens (including phenoxy) is 1. The Balaban J connectivity index is 1.65. The lowest BCUT2D eigenvalue weighted by molar-refractivity contribution is 0.102. The Morgan fingerprint density at radius 3 is 2.75 bits per heavy atom. The van der Waals surface area contributed by atoms with E-state index in [-0.39, 0.29) is 17.0 Å². The number of hydrogen-bond acceptors (Lipinski definition) is 7. The summed E-state index contributed by atoms with van der Waals surface area (Å²) in [5.74, 6) is -0.690. The van der Waals surface area contributed by atoms with Gasteiger partial charge in [0.15, 0.2) is 16.7 Å². The van der Waals surface area contributed by atoms with Gasteiger partial charge in [-0.15, -0.1) is 11.3 Å². The van der Waals surface area contributed by atoms with E-state index in [2.05, 4.69) is 15.2 Å². The number of benzene rings is 1. The number of carbonyl (C=O) groups excluding carboxylic acids is 1. The first-order chi connectivity index (χ1) is 15.3. The maximum atomic E-state index is 15.4. The van der Waals surface area contributed by atoms with Crippen LogP contribution in [0, 0.1) is 12.7 Å². The standard InChI is InChI=1S/C22H24FN5O3S/c1-12-11-31-20-17-14(8-16(23)18(20)27-6-4-26(3)5-7-27)19(29)15(10-28(12)17)21(30)25-22-24-9-13(2)32-22/h8-10,12H,4-7,11H2,1-3H3,(H,24,25,30)/t12-/m0/s1. The van der Waals surface area contributed by atoms with Gasteiger partial charge >= 0.3 is 0 Å². The highest BCUT2D eigenvalue weighted by atomic mass is 32.1. The number of pyridine rings is 1. The van der Waals surface area contributed by atoms with E-state index >= 15 is 4.39 Å². The van der Waals surface area contributed by atoms with Gasteiger partial charge in [0.05, 0.1) is 16.9 Å². The third kappa shape index (κ3) is 3.43. The molecular weight excluding hydrogens is 433 g/mol. The number of nitrogens with one attached hydrogen (secondary N) is 1. The van der Waals surface area contributed by atoms with Gasteiger partial charge in [0.2, 0.25) is 5.43 Å². The first-order valence-corrected chi connectivity index (χ1v) is 11.4. The van der Waals surface area contributed by atoms with Crippen LogP contribution in [0.15, 0.2) is 23.3 Å².